The van der Waals surface area contributed by atoms with E-state index in [1.165, 1.54) is 10.6 Å². The van der Waals surface area contributed by atoms with Gasteiger partial charge in [-0.3, -0.25) is 9.36 Å². The van der Waals surface area contributed by atoms with Crippen molar-refractivity contribution in [2.75, 3.05) is 0 Å². The zero-order valence-electron chi connectivity index (χ0n) is 10.3. The van der Waals surface area contributed by atoms with Gasteiger partial charge in [-0.2, -0.15) is 0 Å². The maximum absolute atomic E-state index is 13.6. The van der Waals surface area contributed by atoms with Crippen LogP contribution in [0, 0.1) is 5.82 Å². The Morgan fingerprint density at radius 2 is 1.71 bits per heavy atom. The lowest BCUT2D eigenvalue weighted by molar-refractivity contribution is 0.624. The molecule has 106 valence electrons. The van der Waals surface area contributed by atoms with Gasteiger partial charge in [0.2, 0.25) is 0 Å². The molecule has 0 unspecified atom stereocenters. The van der Waals surface area contributed by atoms with Crippen LogP contribution >= 0.6 is 34.8 Å². The van der Waals surface area contributed by atoms with Crippen LogP contribution in [0.25, 0.3) is 16.7 Å². The van der Waals surface area contributed by atoms with Crippen LogP contribution in [-0.2, 0) is 0 Å². The molecule has 0 fully saturated rings. The van der Waals surface area contributed by atoms with Gasteiger partial charge >= 0.3 is 0 Å². The summed E-state index contributed by atoms with van der Waals surface area (Å²) in [6, 6.07) is 8.92. The van der Waals surface area contributed by atoms with Gasteiger partial charge in [0, 0.05) is 16.5 Å². The van der Waals surface area contributed by atoms with E-state index in [4.69, 9.17) is 34.8 Å². The van der Waals surface area contributed by atoms with Gasteiger partial charge in [0.1, 0.15) is 0 Å². The minimum atomic E-state index is -0.702. The van der Waals surface area contributed by atoms with E-state index in [-0.39, 0.29) is 15.8 Å². The molecule has 0 aliphatic carbocycles. The van der Waals surface area contributed by atoms with Crippen molar-refractivity contribution in [1.29, 1.82) is 0 Å². The van der Waals surface area contributed by atoms with Gasteiger partial charge < -0.3 is 0 Å². The standard InChI is InChI=1S/C14H6Cl3FN2O/c15-7-1-3-8(4-2-7)20-12(21)6-10(16)9-5-11(18)13(17)19-14(9)20/h1-6H. The van der Waals surface area contributed by atoms with Gasteiger partial charge in [-0.15, -0.1) is 0 Å². The van der Waals surface area contributed by atoms with Crippen LogP contribution in [0.1, 0.15) is 0 Å². The molecule has 2 heterocycles. The second-order valence-corrected chi connectivity index (χ2v) is 5.48. The van der Waals surface area contributed by atoms with Crippen molar-refractivity contribution in [1.82, 2.24) is 9.55 Å². The van der Waals surface area contributed by atoms with Crippen LogP contribution in [0.15, 0.2) is 41.2 Å². The molecule has 0 N–H and O–H groups in total. The van der Waals surface area contributed by atoms with Crippen molar-refractivity contribution >= 4 is 45.8 Å². The Bertz CT molecular complexity index is 907. The molecule has 2 aromatic heterocycles. The van der Waals surface area contributed by atoms with Crippen molar-refractivity contribution in [2.45, 2.75) is 0 Å². The molecule has 0 aliphatic heterocycles. The van der Waals surface area contributed by atoms with Crippen LogP contribution in [0.3, 0.4) is 0 Å². The van der Waals surface area contributed by atoms with E-state index in [2.05, 4.69) is 4.98 Å². The first-order valence-electron chi connectivity index (χ1n) is 5.80. The molecule has 0 saturated carbocycles. The molecule has 0 atom stereocenters. The van der Waals surface area contributed by atoms with Gasteiger partial charge in [-0.25, -0.2) is 9.37 Å². The third kappa shape index (κ3) is 2.50. The van der Waals surface area contributed by atoms with Crippen LogP contribution in [0.4, 0.5) is 4.39 Å². The minimum Gasteiger partial charge on any atom is -0.269 e. The Balaban J connectivity index is 2.44. The Hall–Kier alpha value is -1.62. The number of fused-ring (bicyclic) bond motifs is 1. The van der Waals surface area contributed by atoms with E-state index in [1.807, 2.05) is 0 Å². The highest BCUT2D eigenvalue weighted by Crippen LogP contribution is 2.26. The smallest absolute Gasteiger partial charge is 0.258 e. The molecule has 3 nitrogen and oxygen atoms in total. The zero-order valence-corrected chi connectivity index (χ0v) is 12.5. The first-order valence-corrected chi connectivity index (χ1v) is 6.94. The average Bonchev–Trinajstić information content (AvgIpc) is 2.43. The summed E-state index contributed by atoms with van der Waals surface area (Å²) in [5.41, 5.74) is 0.312. The molecule has 21 heavy (non-hydrogen) atoms. The maximum Gasteiger partial charge on any atom is 0.258 e. The zero-order chi connectivity index (χ0) is 15.1. The molecule has 0 radical (unpaired) electrons. The third-order valence-corrected chi connectivity index (χ3v) is 3.77. The average molecular weight is 344 g/mol. The molecule has 3 aromatic rings. The molecule has 7 heteroatoms. The van der Waals surface area contributed by atoms with E-state index in [0.717, 1.165) is 6.07 Å². The van der Waals surface area contributed by atoms with Crippen molar-refractivity contribution in [3.05, 3.63) is 67.8 Å². The molecule has 0 saturated heterocycles. The van der Waals surface area contributed by atoms with E-state index in [0.29, 0.717) is 16.1 Å². The van der Waals surface area contributed by atoms with Gasteiger partial charge in [0.05, 0.1) is 10.7 Å². The highest BCUT2D eigenvalue weighted by molar-refractivity contribution is 6.35. The van der Waals surface area contributed by atoms with Crippen LogP contribution in [0.5, 0.6) is 0 Å². The molecular weight excluding hydrogens is 338 g/mol. The summed E-state index contributed by atoms with van der Waals surface area (Å²) in [4.78, 5) is 16.1. The molecular formula is C14H6Cl3FN2O. The maximum atomic E-state index is 13.6. The Morgan fingerprint density at radius 1 is 1.05 bits per heavy atom. The summed E-state index contributed by atoms with van der Waals surface area (Å²) < 4.78 is 14.9. The summed E-state index contributed by atoms with van der Waals surface area (Å²) in [7, 11) is 0. The fourth-order valence-corrected chi connectivity index (χ4v) is 2.49. The Kier molecular flexibility index (Phi) is 3.61. The predicted molar refractivity (Wildman–Crippen MR) is 82.3 cm³/mol. The molecule has 0 amide bonds. The summed E-state index contributed by atoms with van der Waals surface area (Å²) >= 11 is 17.5. The fraction of sp³-hybridized carbons (Fsp3) is 0. The largest absolute Gasteiger partial charge is 0.269 e. The first-order chi connectivity index (χ1) is 9.97. The molecule has 1 aromatic carbocycles. The van der Waals surface area contributed by atoms with E-state index >= 15 is 0 Å². The second kappa shape index (κ2) is 5.30. The quantitative estimate of drug-likeness (QED) is 0.610. The number of hydrogen-bond donors (Lipinski definition) is 0. The predicted octanol–water partition coefficient (Wildman–Crippen LogP) is 4.49. The molecule has 0 aliphatic rings. The van der Waals surface area contributed by atoms with Crippen molar-refractivity contribution in [2.24, 2.45) is 0 Å². The number of hydrogen-bond acceptors (Lipinski definition) is 2. The van der Waals surface area contributed by atoms with Crippen molar-refractivity contribution in [3.8, 4) is 5.69 Å². The van der Waals surface area contributed by atoms with Crippen molar-refractivity contribution in [3.63, 3.8) is 0 Å². The Labute approximate surface area is 133 Å². The second-order valence-electron chi connectivity index (χ2n) is 4.27. The van der Waals surface area contributed by atoms with Crippen molar-refractivity contribution < 1.29 is 4.39 Å². The highest BCUT2D eigenvalue weighted by Gasteiger charge is 2.14. The Morgan fingerprint density at radius 3 is 2.38 bits per heavy atom. The normalized spacial score (nSPS) is 11.0. The lowest BCUT2D eigenvalue weighted by Crippen LogP contribution is -2.19. The lowest BCUT2D eigenvalue weighted by Gasteiger charge is -2.11. The van der Waals surface area contributed by atoms with E-state index in [1.54, 1.807) is 24.3 Å². The molecule has 0 spiro atoms. The topological polar surface area (TPSA) is 34.9 Å². The summed E-state index contributed by atoms with van der Waals surface area (Å²) in [6.07, 6.45) is 0. The van der Waals surface area contributed by atoms with E-state index in [9.17, 15) is 9.18 Å². The van der Waals surface area contributed by atoms with Gasteiger partial charge in [-0.05, 0) is 30.3 Å². The van der Waals surface area contributed by atoms with Crippen LogP contribution < -0.4 is 5.56 Å². The number of nitrogens with zero attached hydrogens (tertiary/aromatic N) is 2. The first kappa shape index (κ1) is 14.3. The summed E-state index contributed by atoms with van der Waals surface area (Å²) in [5.74, 6) is -0.702. The van der Waals surface area contributed by atoms with E-state index < -0.39 is 11.4 Å². The lowest BCUT2D eigenvalue weighted by atomic mass is 10.2. The van der Waals surface area contributed by atoms with Gasteiger partial charge in [0.25, 0.3) is 5.56 Å². The number of pyridine rings is 2. The number of aromatic nitrogens is 2. The van der Waals surface area contributed by atoms with Gasteiger partial charge in [-0.1, -0.05) is 34.8 Å². The van der Waals surface area contributed by atoms with Crippen LogP contribution in [-0.4, -0.2) is 9.55 Å². The summed E-state index contributed by atoms with van der Waals surface area (Å²) in [5, 5.41) is 0.616. The monoisotopic (exact) mass is 342 g/mol. The highest BCUT2D eigenvalue weighted by atomic mass is 35.5. The fourth-order valence-electron chi connectivity index (χ4n) is 2.00. The number of benzene rings is 1. The molecule has 0 bridgehead atoms. The number of halogens is 4. The molecule has 3 rings (SSSR count). The minimum absolute atomic E-state index is 0.114. The third-order valence-electron chi connectivity index (χ3n) is 2.94. The number of rotatable bonds is 1. The summed E-state index contributed by atoms with van der Waals surface area (Å²) in [6.45, 7) is 0. The van der Waals surface area contributed by atoms with Crippen LogP contribution in [0.2, 0.25) is 15.2 Å². The SMILES string of the molecule is O=c1cc(Cl)c2cc(F)c(Cl)nc2n1-c1ccc(Cl)cc1. The van der Waals surface area contributed by atoms with Gasteiger partial charge in [0.15, 0.2) is 16.6 Å².